The zero-order valence-electron chi connectivity index (χ0n) is 14.7. The monoisotopic (exact) mass is 387 g/mol. The quantitative estimate of drug-likeness (QED) is 0.432. The number of rotatable bonds is 6. The number of nitrogens with zero attached hydrogens (tertiary/aromatic N) is 1. The average Bonchev–Trinajstić information content (AvgIpc) is 3.08. The summed E-state index contributed by atoms with van der Waals surface area (Å²) < 4.78 is 18.0. The Bertz CT molecular complexity index is 851. The second-order valence-electron chi connectivity index (χ2n) is 6.14. The van der Waals surface area contributed by atoms with Crippen LogP contribution in [0.25, 0.3) is 0 Å². The molecule has 0 aliphatic carbocycles. The van der Waals surface area contributed by atoms with E-state index in [2.05, 4.69) is 0 Å². The van der Waals surface area contributed by atoms with Crippen LogP contribution >= 0.6 is 11.8 Å². The molecule has 0 radical (unpaired) electrons. The van der Waals surface area contributed by atoms with Gasteiger partial charge in [0.1, 0.15) is 5.82 Å². The number of carbonyl (C=O) groups is 3. The Hall–Kier alpha value is -2.67. The highest BCUT2D eigenvalue weighted by Gasteiger charge is 2.36. The second kappa shape index (κ2) is 8.35. The molecule has 0 N–H and O–H groups in total. The lowest BCUT2D eigenvalue weighted by Crippen LogP contribution is -2.27. The van der Waals surface area contributed by atoms with E-state index in [-0.39, 0.29) is 24.4 Å². The maximum atomic E-state index is 12.9. The number of Topliss-reactive ketones (excluding diaryl/α,β-unsaturated/α-hetero) is 1. The molecule has 140 valence electrons. The number of hydrogen-bond acceptors (Lipinski definition) is 5. The fourth-order valence-electron chi connectivity index (χ4n) is 2.85. The molecule has 0 saturated carbocycles. The van der Waals surface area contributed by atoms with E-state index >= 15 is 0 Å². The standard InChI is InChI=1S/C20H18FNO4S/c1-27-17-8-6-16(7-9-17)22-11-14(10-19(22)24)20(25)26-12-18(23)13-2-4-15(21)5-3-13/h2-9,14H,10-12H2,1H3. The van der Waals surface area contributed by atoms with Gasteiger partial charge >= 0.3 is 5.97 Å². The van der Waals surface area contributed by atoms with Crippen LogP contribution in [-0.4, -0.2) is 37.1 Å². The van der Waals surface area contributed by atoms with Crippen molar-refractivity contribution >= 4 is 35.1 Å². The lowest BCUT2D eigenvalue weighted by atomic mass is 10.1. The van der Waals surface area contributed by atoms with Gasteiger partial charge in [-0.15, -0.1) is 11.8 Å². The van der Waals surface area contributed by atoms with E-state index in [1.54, 1.807) is 16.7 Å². The van der Waals surface area contributed by atoms with Crippen molar-refractivity contribution in [2.45, 2.75) is 11.3 Å². The summed E-state index contributed by atoms with van der Waals surface area (Å²) in [5.41, 5.74) is 0.998. The van der Waals surface area contributed by atoms with Crippen LogP contribution in [0, 0.1) is 11.7 Å². The summed E-state index contributed by atoms with van der Waals surface area (Å²) in [4.78, 5) is 39.1. The first kappa shape index (κ1) is 19.1. The van der Waals surface area contributed by atoms with E-state index in [1.165, 1.54) is 24.3 Å². The van der Waals surface area contributed by atoms with Gasteiger partial charge in [0, 0.05) is 29.1 Å². The zero-order chi connectivity index (χ0) is 19.4. The van der Waals surface area contributed by atoms with Crippen LogP contribution in [0.2, 0.25) is 0 Å². The van der Waals surface area contributed by atoms with Crippen molar-refractivity contribution in [3.05, 3.63) is 59.9 Å². The van der Waals surface area contributed by atoms with E-state index in [4.69, 9.17) is 4.74 Å². The number of esters is 1. The molecule has 1 fully saturated rings. The van der Waals surface area contributed by atoms with Crippen molar-refractivity contribution in [1.82, 2.24) is 0 Å². The van der Waals surface area contributed by atoms with Gasteiger partial charge in [0.05, 0.1) is 5.92 Å². The van der Waals surface area contributed by atoms with Crippen molar-refractivity contribution in [3.8, 4) is 0 Å². The van der Waals surface area contributed by atoms with E-state index in [9.17, 15) is 18.8 Å². The Balaban J connectivity index is 1.56. The van der Waals surface area contributed by atoms with Crippen molar-refractivity contribution in [2.75, 3.05) is 24.3 Å². The maximum absolute atomic E-state index is 12.9. The van der Waals surface area contributed by atoms with E-state index in [0.717, 1.165) is 10.6 Å². The molecule has 2 aromatic carbocycles. The summed E-state index contributed by atoms with van der Waals surface area (Å²) in [5.74, 6) is -2.21. The summed E-state index contributed by atoms with van der Waals surface area (Å²) in [5, 5.41) is 0. The first-order chi connectivity index (χ1) is 13.0. The number of halogens is 1. The van der Waals surface area contributed by atoms with Gasteiger partial charge in [-0.1, -0.05) is 0 Å². The number of ether oxygens (including phenoxy) is 1. The topological polar surface area (TPSA) is 63.7 Å². The summed E-state index contributed by atoms with van der Waals surface area (Å²) in [6, 6.07) is 12.5. The van der Waals surface area contributed by atoms with Crippen LogP contribution in [0.4, 0.5) is 10.1 Å². The first-order valence-corrected chi connectivity index (χ1v) is 9.60. The van der Waals surface area contributed by atoms with Gasteiger partial charge in [0.2, 0.25) is 5.91 Å². The van der Waals surface area contributed by atoms with E-state index in [0.29, 0.717) is 0 Å². The predicted molar refractivity (Wildman–Crippen MR) is 100 cm³/mol. The highest BCUT2D eigenvalue weighted by molar-refractivity contribution is 7.98. The number of anilines is 1. The minimum atomic E-state index is -0.612. The van der Waals surface area contributed by atoms with Crippen molar-refractivity contribution in [1.29, 1.82) is 0 Å². The minimum absolute atomic E-state index is 0.0495. The zero-order valence-corrected chi connectivity index (χ0v) is 15.5. The molecule has 3 rings (SSSR count). The van der Waals surface area contributed by atoms with Crippen molar-refractivity contribution < 1.29 is 23.5 Å². The molecule has 7 heteroatoms. The highest BCUT2D eigenvalue weighted by atomic mass is 32.2. The average molecular weight is 387 g/mol. The smallest absolute Gasteiger partial charge is 0.311 e. The van der Waals surface area contributed by atoms with Gasteiger partial charge in [-0.05, 0) is 54.8 Å². The lowest BCUT2D eigenvalue weighted by molar-refractivity contribution is -0.147. The van der Waals surface area contributed by atoms with Gasteiger partial charge in [-0.25, -0.2) is 4.39 Å². The Labute approximate surface area is 160 Å². The number of amides is 1. The van der Waals surface area contributed by atoms with E-state index < -0.39 is 30.1 Å². The van der Waals surface area contributed by atoms with Gasteiger partial charge in [0.15, 0.2) is 12.4 Å². The third-order valence-electron chi connectivity index (χ3n) is 4.35. The Morgan fingerprint density at radius 2 is 1.81 bits per heavy atom. The molecule has 0 bridgehead atoms. The van der Waals surface area contributed by atoms with Gasteiger partial charge < -0.3 is 9.64 Å². The highest BCUT2D eigenvalue weighted by Crippen LogP contribution is 2.27. The van der Waals surface area contributed by atoms with Crippen LogP contribution in [-0.2, 0) is 14.3 Å². The number of carbonyl (C=O) groups excluding carboxylic acids is 3. The fraction of sp³-hybridized carbons (Fsp3) is 0.250. The molecule has 2 aromatic rings. The summed E-state index contributed by atoms with van der Waals surface area (Å²) in [6.45, 7) is -0.210. The van der Waals surface area contributed by atoms with Crippen LogP contribution in [0.15, 0.2) is 53.4 Å². The summed E-state index contributed by atoms with van der Waals surface area (Å²) >= 11 is 1.60. The normalized spacial score (nSPS) is 16.4. The Kier molecular flexibility index (Phi) is 5.91. The number of hydrogen-bond donors (Lipinski definition) is 0. The number of ketones is 1. The predicted octanol–water partition coefficient (Wildman–Crippen LogP) is 3.33. The molecule has 1 aliphatic heterocycles. The summed E-state index contributed by atoms with van der Waals surface area (Å²) in [7, 11) is 0. The fourth-order valence-corrected chi connectivity index (χ4v) is 3.26. The molecule has 0 spiro atoms. The van der Waals surface area contributed by atoms with Crippen LogP contribution in [0.5, 0.6) is 0 Å². The molecule has 0 aromatic heterocycles. The van der Waals surface area contributed by atoms with Crippen LogP contribution in [0.1, 0.15) is 16.8 Å². The molecule has 5 nitrogen and oxygen atoms in total. The Morgan fingerprint density at radius 3 is 2.44 bits per heavy atom. The second-order valence-corrected chi connectivity index (χ2v) is 7.02. The summed E-state index contributed by atoms with van der Waals surface area (Å²) in [6.07, 6.45) is 2.02. The molecule has 1 amide bonds. The third-order valence-corrected chi connectivity index (χ3v) is 5.10. The van der Waals surface area contributed by atoms with Gasteiger partial charge in [-0.2, -0.15) is 0 Å². The lowest BCUT2D eigenvalue weighted by Gasteiger charge is -2.16. The molecule has 27 heavy (non-hydrogen) atoms. The minimum Gasteiger partial charge on any atom is -0.457 e. The van der Waals surface area contributed by atoms with E-state index in [1.807, 2.05) is 30.5 Å². The maximum Gasteiger partial charge on any atom is 0.311 e. The molecule has 1 atom stereocenters. The SMILES string of the molecule is CSc1ccc(N2CC(C(=O)OCC(=O)c3ccc(F)cc3)CC2=O)cc1. The first-order valence-electron chi connectivity index (χ1n) is 8.37. The van der Waals surface area contributed by atoms with Crippen molar-refractivity contribution in [2.24, 2.45) is 5.92 Å². The molecule has 1 saturated heterocycles. The molecule has 1 unspecified atom stereocenters. The third kappa shape index (κ3) is 4.54. The molecular formula is C20H18FNO4S. The van der Waals surface area contributed by atoms with Crippen LogP contribution in [0.3, 0.4) is 0 Å². The van der Waals surface area contributed by atoms with Crippen LogP contribution < -0.4 is 4.90 Å². The molecule has 1 aliphatic rings. The van der Waals surface area contributed by atoms with Gasteiger partial charge in [-0.3, -0.25) is 14.4 Å². The van der Waals surface area contributed by atoms with Crippen molar-refractivity contribution in [3.63, 3.8) is 0 Å². The van der Waals surface area contributed by atoms with Gasteiger partial charge in [0.25, 0.3) is 0 Å². The number of thioether (sulfide) groups is 1. The molecular weight excluding hydrogens is 369 g/mol. The number of benzene rings is 2. The molecule has 1 heterocycles. The largest absolute Gasteiger partial charge is 0.457 e. The Morgan fingerprint density at radius 1 is 1.15 bits per heavy atom.